The van der Waals surface area contributed by atoms with Crippen LogP contribution in [0.1, 0.15) is 27.3 Å². The van der Waals surface area contributed by atoms with Crippen LogP contribution in [0.5, 0.6) is 0 Å². The molecule has 0 saturated heterocycles. The molecule has 3 N–H and O–H groups in total. The first kappa shape index (κ1) is 17.1. The highest BCUT2D eigenvalue weighted by molar-refractivity contribution is 6.00. The van der Waals surface area contributed by atoms with Gasteiger partial charge in [0.25, 0.3) is 5.91 Å². The predicted molar refractivity (Wildman–Crippen MR) is 79.7 cm³/mol. The lowest BCUT2D eigenvalue weighted by Crippen LogP contribution is -2.18. The van der Waals surface area contributed by atoms with E-state index < -0.39 is 23.3 Å². The first-order valence-corrected chi connectivity index (χ1v) is 6.98. The van der Waals surface area contributed by atoms with Gasteiger partial charge in [-0.3, -0.25) is 9.89 Å². The highest BCUT2D eigenvalue weighted by Gasteiger charge is 2.39. The molecule has 3 heterocycles. The lowest BCUT2D eigenvalue weighted by molar-refractivity contribution is -0.141. The number of aromatic nitrogens is 6. The van der Waals surface area contributed by atoms with Gasteiger partial charge in [0.1, 0.15) is 11.8 Å². The summed E-state index contributed by atoms with van der Waals surface area (Å²) in [5.41, 5.74) is 2.83. The van der Waals surface area contributed by atoms with E-state index in [4.69, 9.17) is 5.73 Å². The van der Waals surface area contributed by atoms with E-state index in [1.165, 1.54) is 25.4 Å². The van der Waals surface area contributed by atoms with Crippen LogP contribution in [0.15, 0.2) is 18.5 Å². The number of pyridine rings is 1. The lowest BCUT2D eigenvalue weighted by Gasteiger charge is -2.09. The molecule has 0 saturated carbocycles. The minimum absolute atomic E-state index is 0.0196. The monoisotopic (exact) mass is 362 g/mol. The molecule has 1 amide bonds. The minimum Gasteiger partial charge on any atom is -0.365 e. The van der Waals surface area contributed by atoms with Crippen LogP contribution >= 0.6 is 0 Å². The number of carbonyl (C=O) groups excluding carboxylic acids is 1. The first-order chi connectivity index (χ1) is 12.2. The Hall–Kier alpha value is -3.75. The number of nitrogens with one attached hydrogen (secondary N) is 1. The van der Waals surface area contributed by atoms with Gasteiger partial charge in [-0.05, 0) is 13.0 Å². The molecule has 26 heavy (non-hydrogen) atoms. The fourth-order valence-corrected chi connectivity index (χ4v) is 2.37. The van der Waals surface area contributed by atoms with Crippen molar-refractivity contribution >= 4 is 5.91 Å². The van der Waals surface area contributed by atoms with Crippen LogP contribution in [-0.2, 0) is 6.18 Å². The van der Waals surface area contributed by atoms with Gasteiger partial charge in [-0.2, -0.15) is 33.7 Å². The zero-order valence-corrected chi connectivity index (χ0v) is 13.0. The number of aromatic amines is 1. The summed E-state index contributed by atoms with van der Waals surface area (Å²) < 4.78 is 39.2. The maximum atomic E-state index is 13.1. The molecule has 12 heteroatoms. The van der Waals surface area contributed by atoms with E-state index >= 15 is 0 Å². The van der Waals surface area contributed by atoms with Gasteiger partial charge in [0.15, 0.2) is 11.5 Å². The van der Waals surface area contributed by atoms with E-state index in [0.29, 0.717) is 0 Å². The number of nitrogens with zero attached hydrogens (tertiary/aromatic N) is 6. The Morgan fingerprint density at radius 2 is 2.00 bits per heavy atom. The van der Waals surface area contributed by atoms with E-state index in [9.17, 15) is 23.2 Å². The van der Waals surface area contributed by atoms with Crippen LogP contribution in [0.25, 0.3) is 17.1 Å². The standard InChI is InChI=1S/C14H9F3N8O/c1-6-8(4-7(5-18)13(22-6)25-20-2-3-21-25)10-9(12(19)26)11(24-23-10)14(15,16)17/h2-4H,1H3,(H2,19,26)(H,23,24). The van der Waals surface area contributed by atoms with Gasteiger partial charge in [-0.25, -0.2) is 4.98 Å². The molecular formula is C14H9F3N8O. The lowest BCUT2D eigenvalue weighted by atomic mass is 10.0. The van der Waals surface area contributed by atoms with Crippen molar-refractivity contribution in [1.29, 1.82) is 5.26 Å². The molecule has 0 unspecified atom stereocenters. The van der Waals surface area contributed by atoms with Crippen LogP contribution in [0.2, 0.25) is 0 Å². The van der Waals surface area contributed by atoms with Crippen molar-refractivity contribution in [1.82, 2.24) is 30.2 Å². The molecule has 3 rings (SSSR count). The number of rotatable bonds is 3. The third-order valence-electron chi connectivity index (χ3n) is 3.47. The van der Waals surface area contributed by atoms with E-state index in [1.807, 2.05) is 6.07 Å². The summed E-state index contributed by atoms with van der Waals surface area (Å²) in [6.07, 6.45) is -2.10. The Labute approximate surface area is 143 Å². The fourth-order valence-electron chi connectivity index (χ4n) is 2.37. The van der Waals surface area contributed by atoms with Crippen molar-refractivity contribution in [3.63, 3.8) is 0 Å². The zero-order chi connectivity index (χ0) is 19.1. The molecular weight excluding hydrogens is 353 g/mol. The number of aryl methyl sites for hydroxylation is 1. The van der Waals surface area contributed by atoms with Crippen LogP contribution in [0.4, 0.5) is 13.2 Å². The summed E-state index contributed by atoms with van der Waals surface area (Å²) >= 11 is 0. The zero-order valence-electron chi connectivity index (χ0n) is 13.0. The van der Waals surface area contributed by atoms with Crippen molar-refractivity contribution in [2.45, 2.75) is 13.1 Å². The number of H-pyrrole nitrogens is 1. The number of amides is 1. The van der Waals surface area contributed by atoms with Gasteiger partial charge in [0.2, 0.25) is 0 Å². The Morgan fingerprint density at radius 3 is 2.54 bits per heavy atom. The molecule has 3 aromatic heterocycles. The molecule has 9 nitrogen and oxygen atoms in total. The summed E-state index contributed by atoms with van der Waals surface area (Å²) in [5.74, 6) is -1.22. The van der Waals surface area contributed by atoms with Crippen molar-refractivity contribution < 1.29 is 18.0 Å². The maximum absolute atomic E-state index is 13.1. The van der Waals surface area contributed by atoms with Gasteiger partial charge < -0.3 is 5.73 Å². The Morgan fingerprint density at radius 1 is 1.35 bits per heavy atom. The molecule has 3 aromatic rings. The van der Waals surface area contributed by atoms with Crippen LogP contribution in [-0.4, -0.2) is 36.1 Å². The molecule has 0 aliphatic rings. The van der Waals surface area contributed by atoms with Crippen LogP contribution in [0.3, 0.4) is 0 Å². The maximum Gasteiger partial charge on any atom is 0.433 e. The van der Waals surface area contributed by atoms with Crippen molar-refractivity contribution in [2.24, 2.45) is 5.73 Å². The number of carbonyl (C=O) groups is 1. The molecule has 0 radical (unpaired) electrons. The van der Waals surface area contributed by atoms with Gasteiger partial charge in [-0.1, -0.05) is 0 Å². The second kappa shape index (κ2) is 5.96. The van der Waals surface area contributed by atoms with E-state index in [1.54, 1.807) is 5.10 Å². The van der Waals surface area contributed by atoms with E-state index in [-0.39, 0.29) is 28.3 Å². The average molecular weight is 362 g/mol. The third kappa shape index (κ3) is 2.75. The predicted octanol–water partition coefficient (Wildman–Crippen LogP) is 1.35. The van der Waals surface area contributed by atoms with Crippen LogP contribution in [0, 0.1) is 18.3 Å². The smallest absolute Gasteiger partial charge is 0.365 e. The van der Waals surface area contributed by atoms with E-state index in [2.05, 4.69) is 20.3 Å². The number of primary amides is 1. The quantitative estimate of drug-likeness (QED) is 0.721. The fraction of sp³-hybridized carbons (Fsp3) is 0.143. The largest absolute Gasteiger partial charge is 0.433 e. The summed E-state index contributed by atoms with van der Waals surface area (Å²) in [6, 6.07) is 3.12. The molecule has 0 bridgehead atoms. The molecule has 0 aromatic carbocycles. The van der Waals surface area contributed by atoms with Crippen LogP contribution < -0.4 is 5.73 Å². The molecule has 132 valence electrons. The Kier molecular flexibility index (Phi) is 3.91. The normalized spacial score (nSPS) is 11.3. The van der Waals surface area contributed by atoms with Gasteiger partial charge in [0, 0.05) is 11.3 Å². The average Bonchev–Trinajstić information content (AvgIpc) is 3.23. The number of nitrogens with two attached hydrogens (primary N) is 1. The second-order valence-corrected chi connectivity index (χ2v) is 5.11. The summed E-state index contributed by atoms with van der Waals surface area (Å²) in [4.78, 5) is 16.9. The van der Waals surface area contributed by atoms with Crippen molar-refractivity contribution in [3.05, 3.63) is 41.0 Å². The molecule has 0 fully saturated rings. The topological polar surface area (TPSA) is 139 Å². The summed E-state index contributed by atoms with van der Waals surface area (Å²) in [7, 11) is 0. The highest BCUT2D eigenvalue weighted by atomic mass is 19.4. The first-order valence-electron chi connectivity index (χ1n) is 6.98. The van der Waals surface area contributed by atoms with Crippen molar-refractivity contribution in [2.75, 3.05) is 0 Å². The number of alkyl halides is 3. The Balaban J connectivity index is 2.25. The summed E-state index contributed by atoms with van der Waals surface area (Å²) in [5, 5.41) is 22.4. The van der Waals surface area contributed by atoms with Gasteiger partial charge in [-0.15, -0.1) is 4.80 Å². The van der Waals surface area contributed by atoms with Gasteiger partial charge >= 0.3 is 6.18 Å². The molecule has 0 spiro atoms. The Bertz CT molecular complexity index is 1030. The molecule has 0 atom stereocenters. The SMILES string of the molecule is Cc1nc(-n2nccn2)c(C#N)cc1-c1n[nH]c(C(F)(F)F)c1C(N)=O. The van der Waals surface area contributed by atoms with Gasteiger partial charge in [0.05, 0.1) is 23.5 Å². The molecule has 0 aliphatic heterocycles. The number of nitriles is 1. The third-order valence-corrected chi connectivity index (χ3v) is 3.47. The number of hydrogen-bond donors (Lipinski definition) is 2. The number of hydrogen-bond acceptors (Lipinski definition) is 6. The summed E-state index contributed by atoms with van der Waals surface area (Å²) in [6.45, 7) is 1.48. The molecule has 0 aliphatic carbocycles. The minimum atomic E-state index is -4.85. The van der Waals surface area contributed by atoms with Crippen molar-refractivity contribution in [3.8, 4) is 23.1 Å². The second-order valence-electron chi connectivity index (χ2n) is 5.11. The van der Waals surface area contributed by atoms with E-state index in [0.717, 1.165) is 4.80 Å². The number of halogens is 3. The highest BCUT2D eigenvalue weighted by Crippen LogP contribution is 2.36.